The number of thiazole rings is 1. The molecule has 0 saturated carbocycles. The maximum absolute atomic E-state index is 11.9. The summed E-state index contributed by atoms with van der Waals surface area (Å²) in [6.45, 7) is 9.17. The van der Waals surface area contributed by atoms with Crippen molar-refractivity contribution in [1.82, 2.24) is 15.2 Å². The molecule has 1 aromatic rings. The molecule has 1 rings (SSSR count). The van der Waals surface area contributed by atoms with Crippen LogP contribution in [0.3, 0.4) is 0 Å². The van der Waals surface area contributed by atoms with Crippen LogP contribution in [0.2, 0.25) is 0 Å². The Kier molecular flexibility index (Phi) is 7.34. The number of carbonyl (C=O) groups excluding carboxylic acids is 1. The number of hydrogen-bond acceptors (Lipinski definition) is 4. The summed E-state index contributed by atoms with van der Waals surface area (Å²) in [5.41, 5.74) is 0.839. The van der Waals surface area contributed by atoms with Gasteiger partial charge in [0.25, 0.3) is 0 Å². The van der Waals surface area contributed by atoms with Gasteiger partial charge in [-0.05, 0) is 20.0 Å². The van der Waals surface area contributed by atoms with Crippen molar-refractivity contribution in [2.24, 2.45) is 0 Å². The summed E-state index contributed by atoms with van der Waals surface area (Å²) in [5.74, 6) is 0.423. The first-order valence-corrected chi connectivity index (χ1v) is 8.01. The highest BCUT2D eigenvalue weighted by Gasteiger charge is 2.12. The molecule has 4 nitrogen and oxygen atoms in total. The molecular formula is C13H22ClN3OS. The van der Waals surface area contributed by atoms with Crippen molar-refractivity contribution < 1.29 is 4.79 Å². The van der Waals surface area contributed by atoms with Gasteiger partial charge in [0.1, 0.15) is 5.01 Å². The third-order valence-corrected chi connectivity index (χ3v) is 4.05. The molecule has 0 aromatic carbocycles. The Morgan fingerprint density at radius 3 is 2.74 bits per heavy atom. The Morgan fingerprint density at radius 1 is 1.53 bits per heavy atom. The van der Waals surface area contributed by atoms with Crippen LogP contribution in [0.4, 0.5) is 0 Å². The zero-order valence-electron chi connectivity index (χ0n) is 11.8. The van der Waals surface area contributed by atoms with E-state index in [0.29, 0.717) is 12.3 Å². The lowest BCUT2D eigenvalue weighted by Crippen LogP contribution is -2.42. The van der Waals surface area contributed by atoms with Crippen LogP contribution in [0.25, 0.3) is 0 Å². The van der Waals surface area contributed by atoms with Gasteiger partial charge in [0.15, 0.2) is 0 Å². The fourth-order valence-electron chi connectivity index (χ4n) is 1.87. The smallest absolute Gasteiger partial charge is 0.227 e. The quantitative estimate of drug-likeness (QED) is 0.749. The molecule has 0 radical (unpaired) electrons. The highest BCUT2D eigenvalue weighted by atomic mass is 35.5. The minimum absolute atomic E-state index is 0.0233. The molecule has 0 fully saturated rings. The molecule has 19 heavy (non-hydrogen) atoms. The second kappa shape index (κ2) is 8.51. The van der Waals surface area contributed by atoms with Crippen LogP contribution < -0.4 is 5.32 Å². The molecule has 1 N–H and O–H groups in total. The Balaban J connectivity index is 2.37. The monoisotopic (exact) mass is 303 g/mol. The SMILES string of the molecule is CCN(CC)CC(C)NC(=O)Cc1nc(CCl)cs1. The van der Waals surface area contributed by atoms with E-state index in [-0.39, 0.29) is 11.9 Å². The van der Waals surface area contributed by atoms with E-state index in [1.807, 2.05) is 12.3 Å². The van der Waals surface area contributed by atoms with Gasteiger partial charge in [0.2, 0.25) is 5.91 Å². The van der Waals surface area contributed by atoms with Gasteiger partial charge in [-0.15, -0.1) is 22.9 Å². The first-order chi connectivity index (χ1) is 9.08. The van der Waals surface area contributed by atoms with Crippen LogP contribution in [0.15, 0.2) is 5.38 Å². The third kappa shape index (κ3) is 5.89. The lowest BCUT2D eigenvalue weighted by atomic mass is 10.3. The maximum atomic E-state index is 11.9. The summed E-state index contributed by atoms with van der Waals surface area (Å²) in [6.07, 6.45) is 0.337. The fraction of sp³-hybridized carbons (Fsp3) is 0.692. The first kappa shape index (κ1) is 16.4. The van der Waals surface area contributed by atoms with E-state index in [1.54, 1.807) is 0 Å². The number of nitrogens with zero attached hydrogens (tertiary/aromatic N) is 2. The number of hydrogen-bond donors (Lipinski definition) is 1. The standard InChI is InChI=1S/C13H22ClN3OS/c1-4-17(5-2)8-10(3)15-12(18)6-13-16-11(7-14)9-19-13/h9-10H,4-8H2,1-3H3,(H,15,18). The minimum atomic E-state index is 0.0233. The van der Waals surface area contributed by atoms with Crippen LogP contribution in [-0.2, 0) is 17.1 Å². The molecule has 108 valence electrons. The number of halogens is 1. The van der Waals surface area contributed by atoms with Gasteiger partial charge in [-0.3, -0.25) is 4.79 Å². The number of nitrogens with one attached hydrogen (secondary N) is 1. The Labute approximate surface area is 124 Å². The summed E-state index contributed by atoms with van der Waals surface area (Å²) >= 11 is 7.17. The summed E-state index contributed by atoms with van der Waals surface area (Å²) in [6, 6.07) is 0.153. The molecule has 1 amide bonds. The van der Waals surface area contributed by atoms with E-state index in [0.717, 1.165) is 30.3 Å². The average Bonchev–Trinajstić information content (AvgIpc) is 2.83. The first-order valence-electron chi connectivity index (χ1n) is 6.59. The van der Waals surface area contributed by atoms with Gasteiger partial charge in [0, 0.05) is 18.0 Å². The van der Waals surface area contributed by atoms with E-state index in [2.05, 4.69) is 29.0 Å². The summed E-state index contributed by atoms with van der Waals surface area (Å²) in [5, 5.41) is 5.73. The van der Waals surface area contributed by atoms with Crippen molar-refractivity contribution in [1.29, 1.82) is 0 Å². The van der Waals surface area contributed by atoms with E-state index < -0.39 is 0 Å². The Morgan fingerprint density at radius 2 is 2.21 bits per heavy atom. The summed E-state index contributed by atoms with van der Waals surface area (Å²) in [7, 11) is 0. The molecule has 0 saturated heterocycles. The minimum Gasteiger partial charge on any atom is -0.352 e. The molecule has 0 aliphatic rings. The van der Waals surface area contributed by atoms with Crippen molar-refractivity contribution >= 4 is 28.8 Å². The summed E-state index contributed by atoms with van der Waals surface area (Å²) in [4.78, 5) is 18.5. The van der Waals surface area contributed by atoms with Gasteiger partial charge < -0.3 is 10.2 Å². The number of rotatable bonds is 8. The van der Waals surface area contributed by atoms with E-state index in [4.69, 9.17) is 11.6 Å². The van der Waals surface area contributed by atoms with Gasteiger partial charge in [-0.2, -0.15) is 0 Å². The predicted molar refractivity (Wildman–Crippen MR) is 80.8 cm³/mol. The molecule has 0 aliphatic carbocycles. The molecule has 1 aromatic heterocycles. The van der Waals surface area contributed by atoms with Gasteiger partial charge >= 0.3 is 0 Å². The van der Waals surface area contributed by atoms with Crippen LogP contribution in [0, 0.1) is 0 Å². The molecular weight excluding hydrogens is 282 g/mol. The van der Waals surface area contributed by atoms with Crippen molar-refractivity contribution in [3.63, 3.8) is 0 Å². The second-order valence-electron chi connectivity index (χ2n) is 4.50. The number of carbonyl (C=O) groups is 1. The van der Waals surface area contributed by atoms with Crippen molar-refractivity contribution in [2.45, 2.75) is 39.1 Å². The number of aromatic nitrogens is 1. The molecule has 0 bridgehead atoms. The average molecular weight is 304 g/mol. The molecule has 1 atom stereocenters. The van der Waals surface area contributed by atoms with Crippen LogP contribution in [-0.4, -0.2) is 41.5 Å². The maximum Gasteiger partial charge on any atom is 0.227 e. The number of alkyl halides is 1. The van der Waals surface area contributed by atoms with Crippen LogP contribution in [0.5, 0.6) is 0 Å². The highest BCUT2D eigenvalue weighted by molar-refractivity contribution is 7.09. The lowest BCUT2D eigenvalue weighted by molar-refractivity contribution is -0.121. The van der Waals surface area contributed by atoms with Gasteiger partial charge in [-0.1, -0.05) is 13.8 Å². The molecule has 1 heterocycles. The molecule has 6 heteroatoms. The van der Waals surface area contributed by atoms with E-state index in [1.165, 1.54) is 11.3 Å². The predicted octanol–water partition coefficient (Wildman–Crippen LogP) is 2.27. The van der Waals surface area contributed by atoms with Gasteiger partial charge in [0.05, 0.1) is 18.0 Å². The zero-order valence-corrected chi connectivity index (χ0v) is 13.4. The normalized spacial score (nSPS) is 12.7. The van der Waals surface area contributed by atoms with Crippen molar-refractivity contribution in [3.05, 3.63) is 16.1 Å². The highest BCUT2D eigenvalue weighted by Crippen LogP contribution is 2.12. The molecule has 0 spiro atoms. The zero-order chi connectivity index (χ0) is 14.3. The fourth-order valence-corrected chi connectivity index (χ4v) is 2.89. The second-order valence-corrected chi connectivity index (χ2v) is 5.71. The van der Waals surface area contributed by atoms with Crippen LogP contribution in [0.1, 0.15) is 31.5 Å². The van der Waals surface area contributed by atoms with Crippen molar-refractivity contribution in [3.8, 4) is 0 Å². The number of likely N-dealkylation sites (N-methyl/N-ethyl adjacent to an activating group) is 1. The lowest BCUT2D eigenvalue weighted by Gasteiger charge is -2.23. The third-order valence-electron chi connectivity index (χ3n) is 2.88. The van der Waals surface area contributed by atoms with Gasteiger partial charge in [-0.25, -0.2) is 4.98 Å². The Bertz CT molecular complexity index is 393. The largest absolute Gasteiger partial charge is 0.352 e. The molecule has 0 aliphatic heterocycles. The Hall–Kier alpha value is -0.650. The van der Waals surface area contributed by atoms with E-state index >= 15 is 0 Å². The topological polar surface area (TPSA) is 45.2 Å². The number of amides is 1. The summed E-state index contributed by atoms with van der Waals surface area (Å²) < 4.78 is 0. The van der Waals surface area contributed by atoms with Crippen molar-refractivity contribution in [2.75, 3.05) is 19.6 Å². The molecule has 1 unspecified atom stereocenters. The van der Waals surface area contributed by atoms with E-state index in [9.17, 15) is 4.79 Å². The van der Waals surface area contributed by atoms with Crippen LogP contribution >= 0.6 is 22.9 Å².